The van der Waals surface area contributed by atoms with Gasteiger partial charge in [0.2, 0.25) is 0 Å². The number of rotatable bonds is 3. The predicted octanol–water partition coefficient (Wildman–Crippen LogP) is 2.48. The minimum Gasteiger partial charge on any atom is -0.336 e. The van der Waals surface area contributed by atoms with E-state index in [4.69, 9.17) is 0 Å². The molecular formula is C13H21BrN4O. The number of hydrogen-bond acceptors (Lipinski definition) is 2. The van der Waals surface area contributed by atoms with Crippen LogP contribution in [-0.2, 0) is 6.54 Å². The molecule has 2 rings (SSSR count). The standard InChI is InChI=1S/C13H21BrN4O/c1-11-3-2-6-17(7-4-11)13(19)15-5-8-18-10-12(14)9-16-18/h9-11H,2-8H2,1H3,(H,15,19). The highest BCUT2D eigenvalue weighted by atomic mass is 79.9. The number of nitrogens with zero attached hydrogens (tertiary/aromatic N) is 3. The Balaban J connectivity index is 1.71. The van der Waals surface area contributed by atoms with E-state index in [1.54, 1.807) is 6.20 Å². The lowest BCUT2D eigenvalue weighted by molar-refractivity contribution is 0.199. The van der Waals surface area contributed by atoms with Crippen molar-refractivity contribution in [3.63, 3.8) is 0 Å². The molecular weight excluding hydrogens is 308 g/mol. The number of carbonyl (C=O) groups excluding carboxylic acids is 1. The molecule has 1 N–H and O–H groups in total. The summed E-state index contributed by atoms with van der Waals surface area (Å²) < 4.78 is 2.77. The number of aromatic nitrogens is 2. The molecule has 0 saturated carbocycles. The molecule has 2 amide bonds. The van der Waals surface area contributed by atoms with Crippen molar-refractivity contribution < 1.29 is 4.79 Å². The van der Waals surface area contributed by atoms with Crippen LogP contribution < -0.4 is 5.32 Å². The maximum Gasteiger partial charge on any atom is 0.317 e. The minimum atomic E-state index is 0.0559. The van der Waals surface area contributed by atoms with Crippen LogP contribution in [0.15, 0.2) is 16.9 Å². The van der Waals surface area contributed by atoms with Gasteiger partial charge in [-0.3, -0.25) is 4.68 Å². The van der Waals surface area contributed by atoms with Gasteiger partial charge in [-0.1, -0.05) is 6.92 Å². The van der Waals surface area contributed by atoms with Gasteiger partial charge in [0.15, 0.2) is 0 Å². The summed E-state index contributed by atoms with van der Waals surface area (Å²) in [5.74, 6) is 0.735. The van der Waals surface area contributed by atoms with Crippen molar-refractivity contribution in [1.82, 2.24) is 20.0 Å². The van der Waals surface area contributed by atoms with Crippen molar-refractivity contribution in [2.24, 2.45) is 5.92 Å². The van der Waals surface area contributed by atoms with E-state index in [0.717, 1.165) is 36.3 Å². The lowest BCUT2D eigenvalue weighted by Gasteiger charge is -2.20. The van der Waals surface area contributed by atoms with Gasteiger partial charge in [-0.15, -0.1) is 0 Å². The largest absolute Gasteiger partial charge is 0.336 e. The van der Waals surface area contributed by atoms with Gasteiger partial charge < -0.3 is 10.2 Å². The summed E-state index contributed by atoms with van der Waals surface area (Å²) >= 11 is 3.35. The highest BCUT2D eigenvalue weighted by Gasteiger charge is 2.17. The van der Waals surface area contributed by atoms with Crippen LogP contribution in [0.2, 0.25) is 0 Å². The molecule has 2 heterocycles. The lowest BCUT2D eigenvalue weighted by Crippen LogP contribution is -2.41. The number of halogens is 1. The molecule has 1 aromatic heterocycles. The number of carbonyl (C=O) groups is 1. The lowest BCUT2D eigenvalue weighted by atomic mass is 10.0. The van der Waals surface area contributed by atoms with Gasteiger partial charge in [0.25, 0.3) is 0 Å². The zero-order chi connectivity index (χ0) is 13.7. The molecule has 106 valence electrons. The summed E-state index contributed by atoms with van der Waals surface area (Å²) in [4.78, 5) is 14.0. The van der Waals surface area contributed by atoms with E-state index in [1.807, 2.05) is 15.8 Å². The normalized spacial score (nSPS) is 20.1. The molecule has 0 bridgehead atoms. The molecule has 1 atom stereocenters. The van der Waals surface area contributed by atoms with Crippen molar-refractivity contribution in [3.05, 3.63) is 16.9 Å². The van der Waals surface area contributed by atoms with Crippen LogP contribution in [0.3, 0.4) is 0 Å². The van der Waals surface area contributed by atoms with Crippen LogP contribution in [0.5, 0.6) is 0 Å². The molecule has 6 heteroatoms. The van der Waals surface area contributed by atoms with Crippen LogP contribution in [0.25, 0.3) is 0 Å². The fraction of sp³-hybridized carbons (Fsp3) is 0.692. The first-order valence-electron chi connectivity index (χ1n) is 6.86. The number of likely N-dealkylation sites (tertiary alicyclic amines) is 1. The van der Waals surface area contributed by atoms with Crippen LogP contribution in [0, 0.1) is 5.92 Å². The summed E-state index contributed by atoms with van der Waals surface area (Å²) in [6, 6.07) is 0.0559. The van der Waals surface area contributed by atoms with Gasteiger partial charge in [0, 0.05) is 25.8 Å². The van der Waals surface area contributed by atoms with Crippen LogP contribution in [0.4, 0.5) is 4.79 Å². The summed E-state index contributed by atoms with van der Waals surface area (Å²) in [5.41, 5.74) is 0. The number of amides is 2. The zero-order valence-electron chi connectivity index (χ0n) is 11.3. The van der Waals surface area contributed by atoms with Gasteiger partial charge >= 0.3 is 6.03 Å². The zero-order valence-corrected chi connectivity index (χ0v) is 12.9. The summed E-state index contributed by atoms with van der Waals surface area (Å²) in [6.45, 7) is 5.32. The summed E-state index contributed by atoms with van der Waals surface area (Å²) in [7, 11) is 0. The van der Waals surface area contributed by atoms with E-state index < -0.39 is 0 Å². The van der Waals surface area contributed by atoms with E-state index in [-0.39, 0.29) is 6.03 Å². The maximum absolute atomic E-state index is 12.0. The van der Waals surface area contributed by atoms with Gasteiger partial charge in [-0.2, -0.15) is 5.10 Å². The molecule has 1 aromatic rings. The van der Waals surface area contributed by atoms with E-state index in [1.165, 1.54) is 6.42 Å². The molecule has 1 unspecified atom stereocenters. The molecule has 1 aliphatic heterocycles. The molecule has 0 spiro atoms. The first-order chi connectivity index (χ1) is 9.15. The average molecular weight is 329 g/mol. The fourth-order valence-corrected chi connectivity index (χ4v) is 2.64. The Morgan fingerprint density at radius 2 is 2.37 bits per heavy atom. The third-order valence-electron chi connectivity index (χ3n) is 3.52. The minimum absolute atomic E-state index is 0.0559. The smallest absolute Gasteiger partial charge is 0.317 e. The van der Waals surface area contributed by atoms with Crippen LogP contribution in [0.1, 0.15) is 26.2 Å². The highest BCUT2D eigenvalue weighted by Crippen LogP contribution is 2.16. The molecule has 0 aromatic carbocycles. The van der Waals surface area contributed by atoms with Crippen LogP contribution >= 0.6 is 15.9 Å². The maximum atomic E-state index is 12.0. The molecule has 0 radical (unpaired) electrons. The Morgan fingerprint density at radius 3 is 3.11 bits per heavy atom. The fourth-order valence-electron chi connectivity index (χ4n) is 2.32. The van der Waals surface area contributed by atoms with Crippen LogP contribution in [-0.4, -0.2) is 40.3 Å². The van der Waals surface area contributed by atoms with Crippen molar-refractivity contribution in [2.45, 2.75) is 32.7 Å². The first-order valence-corrected chi connectivity index (χ1v) is 7.65. The van der Waals surface area contributed by atoms with Gasteiger partial charge in [0.1, 0.15) is 0 Å². The van der Waals surface area contributed by atoms with E-state index in [9.17, 15) is 4.79 Å². The predicted molar refractivity (Wildman–Crippen MR) is 77.9 cm³/mol. The third kappa shape index (κ3) is 4.53. The Hall–Kier alpha value is -1.04. The third-order valence-corrected chi connectivity index (χ3v) is 3.93. The van der Waals surface area contributed by atoms with Crippen molar-refractivity contribution >= 4 is 22.0 Å². The summed E-state index contributed by atoms with van der Waals surface area (Å²) in [6.07, 6.45) is 7.10. The molecule has 0 aliphatic carbocycles. The molecule has 1 fully saturated rings. The Bertz CT molecular complexity index is 421. The second kappa shape index (κ2) is 6.93. The SMILES string of the molecule is CC1CCCN(C(=O)NCCn2cc(Br)cn2)CC1. The van der Waals surface area contributed by atoms with E-state index in [2.05, 4.69) is 33.3 Å². The van der Waals surface area contributed by atoms with E-state index in [0.29, 0.717) is 13.1 Å². The number of urea groups is 1. The first kappa shape index (κ1) is 14.4. The summed E-state index contributed by atoms with van der Waals surface area (Å²) in [5, 5.41) is 7.12. The number of nitrogens with one attached hydrogen (secondary N) is 1. The molecule has 19 heavy (non-hydrogen) atoms. The Morgan fingerprint density at radius 1 is 1.53 bits per heavy atom. The topological polar surface area (TPSA) is 50.2 Å². The van der Waals surface area contributed by atoms with Crippen molar-refractivity contribution in [2.75, 3.05) is 19.6 Å². The number of hydrogen-bond donors (Lipinski definition) is 1. The average Bonchev–Trinajstić information content (AvgIpc) is 2.66. The monoisotopic (exact) mass is 328 g/mol. The molecule has 1 saturated heterocycles. The van der Waals surface area contributed by atoms with Gasteiger partial charge in [0.05, 0.1) is 17.2 Å². The molecule has 5 nitrogen and oxygen atoms in total. The van der Waals surface area contributed by atoms with E-state index >= 15 is 0 Å². The molecule has 1 aliphatic rings. The van der Waals surface area contributed by atoms with Gasteiger partial charge in [-0.25, -0.2) is 4.79 Å². The Labute approximate surface area is 122 Å². The highest BCUT2D eigenvalue weighted by molar-refractivity contribution is 9.10. The Kier molecular flexibility index (Phi) is 5.24. The second-order valence-corrected chi connectivity index (χ2v) is 6.09. The van der Waals surface area contributed by atoms with Crippen molar-refractivity contribution in [1.29, 1.82) is 0 Å². The quantitative estimate of drug-likeness (QED) is 0.926. The van der Waals surface area contributed by atoms with Crippen molar-refractivity contribution in [3.8, 4) is 0 Å². The van der Waals surface area contributed by atoms with Gasteiger partial charge in [-0.05, 0) is 41.1 Å². The second-order valence-electron chi connectivity index (χ2n) is 5.18.